The molecule has 0 aromatic heterocycles. The fourth-order valence-electron chi connectivity index (χ4n) is 2.35. The lowest BCUT2D eigenvalue weighted by molar-refractivity contribution is 0.589. The molecule has 2 heteroatoms. The number of nitriles is 1. The summed E-state index contributed by atoms with van der Waals surface area (Å²) < 4.78 is 13.2. The van der Waals surface area contributed by atoms with E-state index in [2.05, 4.69) is 39.0 Å². The van der Waals surface area contributed by atoms with Gasteiger partial charge in [0, 0.05) is 0 Å². The third kappa shape index (κ3) is 3.92. The van der Waals surface area contributed by atoms with Crippen molar-refractivity contribution in [1.82, 2.24) is 0 Å². The summed E-state index contributed by atoms with van der Waals surface area (Å²) in [4.78, 5) is 0. The van der Waals surface area contributed by atoms with Crippen molar-refractivity contribution < 1.29 is 4.39 Å². The van der Waals surface area contributed by atoms with Crippen LogP contribution in [0.1, 0.15) is 43.4 Å². The van der Waals surface area contributed by atoms with Crippen molar-refractivity contribution in [2.24, 2.45) is 0 Å². The van der Waals surface area contributed by atoms with Gasteiger partial charge < -0.3 is 0 Å². The molecule has 0 amide bonds. The van der Waals surface area contributed by atoms with Gasteiger partial charge in [-0.1, -0.05) is 57.2 Å². The average Bonchev–Trinajstić information content (AvgIpc) is 2.44. The van der Waals surface area contributed by atoms with Gasteiger partial charge in [0.2, 0.25) is 0 Å². The van der Waals surface area contributed by atoms with E-state index in [-0.39, 0.29) is 17.2 Å². The van der Waals surface area contributed by atoms with Gasteiger partial charge in [-0.05, 0) is 40.7 Å². The van der Waals surface area contributed by atoms with Gasteiger partial charge in [-0.15, -0.1) is 0 Å². The van der Waals surface area contributed by atoms with Crippen molar-refractivity contribution in [3.05, 3.63) is 71.0 Å². The minimum absolute atomic E-state index is 0.100. The molecule has 0 radical (unpaired) electrons. The van der Waals surface area contributed by atoms with Crippen LogP contribution in [-0.2, 0) is 11.8 Å². The van der Waals surface area contributed by atoms with E-state index < -0.39 is 0 Å². The largest absolute Gasteiger partial charge is 0.207 e. The minimum atomic E-state index is -0.257. The molecule has 0 aliphatic carbocycles. The van der Waals surface area contributed by atoms with Crippen LogP contribution in [0.25, 0.3) is 0 Å². The maximum absolute atomic E-state index is 13.2. The first-order chi connectivity index (χ1) is 9.90. The van der Waals surface area contributed by atoms with Crippen LogP contribution in [0.4, 0.5) is 4.39 Å². The molecule has 2 aromatic carbocycles. The van der Waals surface area contributed by atoms with E-state index in [0.29, 0.717) is 6.42 Å². The topological polar surface area (TPSA) is 23.8 Å². The molecule has 21 heavy (non-hydrogen) atoms. The zero-order chi connectivity index (χ0) is 15.5. The molecule has 108 valence electrons. The Morgan fingerprint density at radius 3 is 2.29 bits per heavy atom. The highest BCUT2D eigenvalue weighted by Crippen LogP contribution is 2.26. The van der Waals surface area contributed by atoms with Gasteiger partial charge in [-0.3, -0.25) is 0 Å². The molecule has 0 aliphatic heterocycles. The standard InChI is InChI=1S/C19H20FN/c1-19(2,3)17-9-7-15(8-10-17)16(13-21)11-14-5-4-6-18(20)12-14/h4-10,12,16H,11H2,1-3H3. The highest BCUT2D eigenvalue weighted by atomic mass is 19.1. The van der Waals surface area contributed by atoms with E-state index >= 15 is 0 Å². The molecule has 2 aromatic rings. The summed E-state index contributed by atoms with van der Waals surface area (Å²) in [6, 6.07) is 16.9. The van der Waals surface area contributed by atoms with Crippen LogP contribution in [0.5, 0.6) is 0 Å². The van der Waals surface area contributed by atoms with E-state index in [0.717, 1.165) is 11.1 Å². The van der Waals surface area contributed by atoms with E-state index in [1.54, 1.807) is 6.07 Å². The van der Waals surface area contributed by atoms with Crippen LogP contribution in [0.2, 0.25) is 0 Å². The van der Waals surface area contributed by atoms with E-state index in [4.69, 9.17) is 0 Å². The quantitative estimate of drug-likeness (QED) is 0.779. The first-order valence-electron chi connectivity index (χ1n) is 7.14. The van der Waals surface area contributed by atoms with Crippen molar-refractivity contribution in [2.45, 2.75) is 38.5 Å². The molecule has 0 saturated heterocycles. The van der Waals surface area contributed by atoms with Crippen molar-refractivity contribution in [3.63, 3.8) is 0 Å². The van der Waals surface area contributed by atoms with Gasteiger partial charge in [-0.25, -0.2) is 4.39 Å². The highest BCUT2D eigenvalue weighted by Gasteiger charge is 2.16. The molecule has 1 nitrogen and oxygen atoms in total. The monoisotopic (exact) mass is 281 g/mol. The lowest BCUT2D eigenvalue weighted by Crippen LogP contribution is -2.11. The molecule has 0 aliphatic rings. The molecule has 0 bridgehead atoms. The second-order valence-electron chi connectivity index (χ2n) is 6.39. The predicted molar refractivity (Wildman–Crippen MR) is 83.6 cm³/mol. The molecule has 0 spiro atoms. The normalized spacial score (nSPS) is 12.7. The second-order valence-corrected chi connectivity index (χ2v) is 6.39. The zero-order valence-corrected chi connectivity index (χ0v) is 12.7. The van der Waals surface area contributed by atoms with Crippen LogP contribution >= 0.6 is 0 Å². The summed E-state index contributed by atoms with van der Waals surface area (Å²) in [5.41, 5.74) is 3.17. The number of halogens is 1. The lowest BCUT2D eigenvalue weighted by atomic mass is 9.85. The summed E-state index contributed by atoms with van der Waals surface area (Å²) in [5, 5.41) is 9.40. The number of hydrogen-bond acceptors (Lipinski definition) is 1. The van der Waals surface area contributed by atoms with Gasteiger partial charge in [-0.2, -0.15) is 5.26 Å². The molecule has 1 unspecified atom stereocenters. The first kappa shape index (κ1) is 15.3. The van der Waals surface area contributed by atoms with Crippen molar-refractivity contribution in [3.8, 4) is 6.07 Å². The summed E-state index contributed by atoms with van der Waals surface area (Å²) in [6.07, 6.45) is 0.531. The predicted octanol–water partition coefficient (Wildman–Crippen LogP) is 4.97. The molecule has 0 N–H and O–H groups in total. The fourth-order valence-corrected chi connectivity index (χ4v) is 2.35. The molecule has 0 fully saturated rings. The Balaban J connectivity index is 2.20. The van der Waals surface area contributed by atoms with E-state index in [9.17, 15) is 9.65 Å². The zero-order valence-electron chi connectivity index (χ0n) is 12.7. The Labute approximate surface area is 126 Å². The van der Waals surface area contributed by atoms with Gasteiger partial charge in [0.05, 0.1) is 12.0 Å². The molecule has 2 rings (SSSR count). The molecule has 1 atom stereocenters. The van der Waals surface area contributed by atoms with Crippen LogP contribution in [0.3, 0.4) is 0 Å². The Bertz CT molecular complexity index is 645. The number of benzene rings is 2. The van der Waals surface area contributed by atoms with E-state index in [1.165, 1.54) is 17.7 Å². The molecule has 0 saturated carbocycles. The first-order valence-corrected chi connectivity index (χ1v) is 7.14. The lowest BCUT2D eigenvalue weighted by Gasteiger charge is -2.20. The highest BCUT2D eigenvalue weighted by molar-refractivity contribution is 5.33. The minimum Gasteiger partial charge on any atom is -0.207 e. The fraction of sp³-hybridized carbons (Fsp3) is 0.316. The van der Waals surface area contributed by atoms with Gasteiger partial charge in [0.1, 0.15) is 5.82 Å². The van der Waals surface area contributed by atoms with Crippen molar-refractivity contribution >= 4 is 0 Å². The van der Waals surface area contributed by atoms with Crippen LogP contribution < -0.4 is 0 Å². The Kier molecular flexibility index (Phi) is 4.43. The SMILES string of the molecule is CC(C)(C)c1ccc(C(C#N)Cc2cccc(F)c2)cc1. The van der Waals surface area contributed by atoms with Crippen molar-refractivity contribution in [2.75, 3.05) is 0 Å². The second kappa shape index (κ2) is 6.10. The maximum Gasteiger partial charge on any atom is 0.123 e. The smallest absolute Gasteiger partial charge is 0.123 e. The third-order valence-corrected chi connectivity index (χ3v) is 3.66. The van der Waals surface area contributed by atoms with Gasteiger partial charge in [0.15, 0.2) is 0 Å². The van der Waals surface area contributed by atoms with Crippen LogP contribution in [0, 0.1) is 17.1 Å². The number of nitrogens with zero attached hydrogens (tertiary/aromatic N) is 1. The maximum atomic E-state index is 13.2. The summed E-state index contributed by atoms with van der Waals surface area (Å²) >= 11 is 0. The van der Waals surface area contributed by atoms with E-state index in [1.807, 2.05) is 18.2 Å². The Hall–Kier alpha value is -2.14. The third-order valence-electron chi connectivity index (χ3n) is 3.66. The Morgan fingerprint density at radius 1 is 1.10 bits per heavy atom. The summed E-state index contributed by atoms with van der Waals surface area (Å²) in [6.45, 7) is 6.49. The summed E-state index contributed by atoms with van der Waals surface area (Å²) in [7, 11) is 0. The molecular weight excluding hydrogens is 261 g/mol. The Morgan fingerprint density at radius 2 is 1.76 bits per heavy atom. The number of hydrogen-bond donors (Lipinski definition) is 0. The summed E-state index contributed by atoms with van der Waals surface area (Å²) in [5.74, 6) is -0.506. The van der Waals surface area contributed by atoms with Crippen LogP contribution in [0.15, 0.2) is 48.5 Å². The van der Waals surface area contributed by atoms with Gasteiger partial charge >= 0.3 is 0 Å². The van der Waals surface area contributed by atoms with Gasteiger partial charge in [0.25, 0.3) is 0 Å². The average molecular weight is 281 g/mol. The molecular formula is C19H20FN. The number of rotatable bonds is 3. The molecule has 0 heterocycles. The van der Waals surface area contributed by atoms with Crippen molar-refractivity contribution in [1.29, 1.82) is 5.26 Å². The van der Waals surface area contributed by atoms with Crippen LogP contribution in [-0.4, -0.2) is 0 Å².